The summed E-state index contributed by atoms with van der Waals surface area (Å²) in [6, 6.07) is 0. The maximum absolute atomic E-state index is 2.53. The van der Waals surface area contributed by atoms with Crippen molar-refractivity contribution < 1.29 is 0 Å². The van der Waals surface area contributed by atoms with E-state index in [0.717, 1.165) is 29.6 Å². The van der Waals surface area contributed by atoms with Gasteiger partial charge in [-0.15, -0.1) is 0 Å². The Morgan fingerprint density at radius 3 is 1.82 bits per heavy atom. The fourth-order valence-corrected chi connectivity index (χ4v) is 3.91. The normalized spacial score (nSPS) is 20.5. The second-order valence-electron chi connectivity index (χ2n) is 8.97. The molecule has 0 rings (SSSR count). The van der Waals surface area contributed by atoms with Crippen molar-refractivity contribution in [1.29, 1.82) is 0 Å². The maximum atomic E-state index is 2.53. The highest BCUT2D eigenvalue weighted by atomic mass is 14.3. The zero-order valence-electron chi connectivity index (χ0n) is 17.3. The van der Waals surface area contributed by atoms with Gasteiger partial charge in [-0.3, -0.25) is 0 Å². The van der Waals surface area contributed by atoms with Gasteiger partial charge >= 0.3 is 0 Å². The van der Waals surface area contributed by atoms with E-state index in [9.17, 15) is 0 Å². The van der Waals surface area contributed by atoms with Gasteiger partial charge in [-0.1, -0.05) is 81.6 Å². The molecule has 22 heavy (non-hydrogen) atoms. The monoisotopic (exact) mass is 310 g/mol. The summed E-state index contributed by atoms with van der Waals surface area (Å²) in [6.45, 7) is 21.8. The molecule has 0 amide bonds. The van der Waals surface area contributed by atoms with E-state index in [1.165, 1.54) is 44.9 Å². The molecule has 0 saturated heterocycles. The van der Waals surface area contributed by atoms with E-state index >= 15 is 0 Å². The summed E-state index contributed by atoms with van der Waals surface area (Å²) in [5, 5.41) is 0. The van der Waals surface area contributed by atoms with Crippen LogP contribution in [-0.4, -0.2) is 0 Å². The molecule has 0 heterocycles. The molecule has 0 bridgehead atoms. The van der Waals surface area contributed by atoms with Crippen LogP contribution in [0.4, 0.5) is 0 Å². The molecule has 0 aromatic carbocycles. The Morgan fingerprint density at radius 1 is 0.818 bits per heavy atom. The Morgan fingerprint density at radius 2 is 1.41 bits per heavy atom. The van der Waals surface area contributed by atoms with E-state index in [1.54, 1.807) is 0 Å². The topological polar surface area (TPSA) is 0 Å². The van der Waals surface area contributed by atoms with Crippen molar-refractivity contribution in [2.24, 2.45) is 35.0 Å². The van der Waals surface area contributed by atoms with Crippen LogP contribution in [0, 0.1) is 35.0 Å². The van der Waals surface area contributed by atoms with E-state index in [1.807, 2.05) is 0 Å². The van der Waals surface area contributed by atoms with Crippen LogP contribution in [0.2, 0.25) is 0 Å². The molecule has 0 radical (unpaired) electrons. The fourth-order valence-electron chi connectivity index (χ4n) is 3.91. The molecule has 134 valence electrons. The number of hydrogen-bond donors (Lipinski definition) is 0. The van der Waals surface area contributed by atoms with Gasteiger partial charge in [-0.2, -0.15) is 0 Å². The molecule has 0 heteroatoms. The molecule has 0 spiro atoms. The molecule has 5 atom stereocenters. The molecule has 0 nitrogen and oxygen atoms in total. The second kappa shape index (κ2) is 10.7. The smallest absolute Gasteiger partial charge is 0.0303 e. The van der Waals surface area contributed by atoms with Gasteiger partial charge in [-0.25, -0.2) is 0 Å². The summed E-state index contributed by atoms with van der Waals surface area (Å²) >= 11 is 0. The molecule has 0 aromatic heterocycles. The average molecular weight is 311 g/mol. The van der Waals surface area contributed by atoms with Crippen LogP contribution in [0.3, 0.4) is 0 Å². The lowest BCUT2D eigenvalue weighted by atomic mass is 9.69. The molecule has 0 aliphatic rings. The van der Waals surface area contributed by atoms with Crippen molar-refractivity contribution >= 4 is 0 Å². The highest BCUT2D eigenvalue weighted by Crippen LogP contribution is 2.41. The van der Waals surface area contributed by atoms with Gasteiger partial charge in [0.25, 0.3) is 0 Å². The van der Waals surface area contributed by atoms with E-state index in [4.69, 9.17) is 0 Å². The summed E-state index contributed by atoms with van der Waals surface area (Å²) in [7, 11) is 0. The third-order valence-corrected chi connectivity index (χ3v) is 6.76. The number of hydrogen-bond acceptors (Lipinski definition) is 0. The SMILES string of the molecule is CCC(C)CC(CC(C)C)C(C)CCC(C)(CC)C(C)CC. The van der Waals surface area contributed by atoms with E-state index in [2.05, 4.69) is 62.3 Å². The first-order valence-electron chi connectivity index (χ1n) is 10.2. The summed E-state index contributed by atoms with van der Waals surface area (Å²) in [6.07, 6.45) is 9.66. The van der Waals surface area contributed by atoms with Gasteiger partial charge in [0.2, 0.25) is 0 Å². The van der Waals surface area contributed by atoms with Crippen LogP contribution in [0.15, 0.2) is 0 Å². The Bertz CT molecular complexity index is 267. The first-order valence-corrected chi connectivity index (χ1v) is 10.2. The Hall–Kier alpha value is 0. The summed E-state index contributed by atoms with van der Waals surface area (Å²) in [5.41, 5.74) is 0.543. The van der Waals surface area contributed by atoms with E-state index in [-0.39, 0.29) is 0 Å². The van der Waals surface area contributed by atoms with E-state index in [0.29, 0.717) is 5.41 Å². The first kappa shape index (κ1) is 22.0. The molecule has 0 saturated carbocycles. The maximum Gasteiger partial charge on any atom is -0.0303 e. The van der Waals surface area contributed by atoms with Crippen molar-refractivity contribution in [3.8, 4) is 0 Å². The van der Waals surface area contributed by atoms with Gasteiger partial charge < -0.3 is 0 Å². The van der Waals surface area contributed by atoms with Gasteiger partial charge in [0.05, 0.1) is 0 Å². The molecule has 0 aliphatic carbocycles. The standard InChI is InChI=1S/C22H46/c1-10-18(6)16-21(15-17(4)5)19(7)13-14-22(9,12-3)20(8)11-2/h17-21H,10-16H2,1-9H3. The van der Waals surface area contributed by atoms with Crippen molar-refractivity contribution in [3.05, 3.63) is 0 Å². The van der Waals surface area contributed by atoms with Crippen molar-refractivity contribution in [3.63, 3.8) is 0 Å². The zero-order chi connectivity index (χ0) is 17.3. The number of rotatable bonds is 12. The molecular formula is C22H46. The van der Waals surface area contributed by atoms with Crippen molar-refractivity contribution in [2.75, 3.05) is 0 Å². The molecule has 5 unspecified atom stereocenters. The van der Waals surface area contributed by atoms with Crippen LogP contribution in [0.1, 0.15) is 107 Å². The van der Waals surface area contributed by atoms with Crippen LogP contribution >= 0.6 is 0 Å². The first-order chi connectivity index (χ1) is 10.2. The second-order valence-corrected chi connectivity index (χ2v) is 8.97. The van der Waals surface area contributed by atoms with Crippen LogP contribution in [0.5, 0.6) is 0 Å². The summed E-state index contributed by atoms with van der Waals surface area (Å²) in [5.74, 6) is 4.38. The Kier molecular flexibility index (Phi) is 10.7. The van der Waals surface area contributed by atoms with Crippen LogP contribution in [-0.2, 0) is 0 Å². The summed E-state index contributed by atoms with van der Waals surface area (Å²) in [4.78, 5) is 0. The average Bonchev–Trinajstić information content (AvgIpc) is 2.49. The quantitative estimate of drug-likeness (QED) is 0.343. The minimum Gasteiger partial charge on any atom is -0.0651 e. The Labute approximate surface area is 142 Å². The molecule has 0 aliphatic heterocycles. The van der Waals surface area contributed by atoms with Crippen LogP contribution in [0.25, 0.3) is 0 Å². The molecule has 0 fully saturated rings. The molecular weight excluding hydrogens is 264 g/mol. The molecule has 0 N–H and O–H groups in total. The van der Waals surface area contributed by atoms with Gasteiger partial charge in [0.1, 0.15) is 0 Å². The minimum absolute atomic E-state index is 0.543. The zero-order valence-corrected chi connectivity index (χ0v) is 17.3. The fraction of sp³-hybridized carbons (Fsp3) is 1.00. The minimum atomic E-state index is 0.543. The third kappa shape index (κ3) is 7.51. The predicted octanol–water partition coefficient (Wildman–Crippen LogP) is 7.96. The lowest BCUT2D eigenvalue weighted by molar-refractivity contribution is 0.138. The van der Waals surface area contributed by atoms with Crippen molar-refractivity contribution in [1.82, 2.24) is 0 Å². The van der Waals surface area contributed by atoms with Gasteiger partial charge in [-0.05, 0) is 60.7 Å². The predicted molar refractivity (Wildman–Crippen MR) is 103 cm³/mol. The lowest BCUT2D eigenvalue weighted by Gasteiger charge is -2.37. The largest absolute Gasteiger partial charge is 0.0651 e. The van der Waals surface area contributed by atoms with Gasteiger partial charge in [0.15, 0.2) is 0 Å². The van der Waals surface area contributed by atoms with E-state index < -0.39 is 0 Å². The third-order valence-electron chi connectivity index (χ3n) is 6.76. The highest BCUT2D eigenvalue weighted by Gasteiger charge is 2.30. The lowest BCUT2D eigenvalue weighted by Crippen LogP contribution is -2.26. The van der Waals surface area contributed by atoms with Gasteiger partial charge in [0, 0.05) is 0 Å². The molecule has 0 aromatic rings. The van der Waals surface area contributed by atoms with Crippen LogP contribution < -0.4 is 0 Å². The Balaban J connectivity index is 4.69. The summed E-state index contributed by atoms with van der Waals surface area (Å²) < 4.78 is 0. The van der Waals surface area contributed by atoms with Crippen molar-refractivity contribution in [2.45, 2.75) is 107 Å². The highest BCUT2D eigenvalue weighted by molar-refractivity contribution is 4.80.